The van der Waals surface area contributed by atoms with E-state index in [1.54, 1.807) is 0 Å². The van der Waals surface area contributed by atoms with Crippen LogP contribution in [0.15, 0.2) is 40.8 Å². The minimum atomic E-state index is -2.40. The third kappa shape index (κ3) is 9.88. The van der Waals surface area contributed by atoms with Crippen molar-refractivity contribution in [1.29, 1.82) is 0 Å². The Balaban J connectivity index is 1.89. The fraction of sp³-hybridized carbons (Fsp3) is 0.667. The van der Waals surface area contributed by atoms with Crippen LogP contribution in [0.3, 0.4) is 0 Å². The Morgan fingerprint density at radius 1 is 0.439 bits per heavy atom. The molecule has 3 aromatic rings. The summed E-state index contributed by atoms with van der Waals surface area (Å²) in [4.78, 5) is 2.71. The van der Waals surface area contributed by atoms with Crippen molar-refractivity contribution in [2.75, 3.05) is 0 Å². The van der Waals surface area contributed by atoms with Crippen molar-refractivity contribution >= 4 is 65.2 Å². The summed E-state index contributed by atoms with van der Waals surface area (Å²) in [5, 5.41) is 0. The molecular weight excluding hydrogens is 750 g/mol. The van der Waals surface area contributed by atoms with Crippen LogP contribution in [0.5, 0.6) is 0 Å². The zero-order valence-electron chi connectivity index (χ0n) is 27.4. The molecule has 0 aliphatic carbocycles. The van der Waals surface area contributed by atoms with Crippen molar-refractivity contribution in [3.63, 3.8) is 0 Å². The summed E-state index contributed by atoms with van der Waals surface area (Å²) in [5.74, 6) is 2.18. The summed E-state index contributed by atoms with van der Waals surface area (Å²) in [6.45, 7) is 14.3. The Morgan fingerprint density at radius 2 is 0.732 bits per heavy atom. The molecule has 0 amide bonds. The monoisotopic (exact) mass is 812 g/mol. The molecule has 41 heavy (non-hydrogen) atoms. The van der Waals surface area contributed by atoms with E-state index in [0.717, 1.165) is 11.5 Å². The molecule has 0 aliphatic heterocycles. The van der Waals surface area contributed by atoms with Gasteiger partial charge in [-0.25, -0.2) is 0 Å². The van der Waals surface area contributed by atoms with E-state index in [1.807, 2.05) is 5.79 Å². The summed E-state index contributed by atoms with van der Waals surface area (Å²) < 4.78 is 19.5. The first-order valence-electron chi connectivity index (χ1n) is 17.3. The topological polar surface area (TPSA) is 13.1 Å². The number of thiophene rings is 2. The standard InChI is InChI=1S/C12H6OS2.6C4H9.2Sn/c1-3-11(14-7-1)9-5-6-10(13-9)12-4-2-8-15-12;6*1-3-4-2;;/h1-6H;6*1,3-4H2,2H3;;. The van der Waals surface area contributed by atoms with Crippen LogP contribution in [0.4, 0.5) is 0 Å². The molecule has 0 aliphatic rings. The maximum atomic E-state index is 6.66. The molecule has 0 fully saturated rings. The van der Waals surface area contributed by atoms with E-state index in [-0.39, 0.29) is 0 Å². The molecule has 0 saturated carbocycles. The number of hydrogen-bond acceptors (Lipinski definition) is 3. The van der Waals surface area contributed by atoms with Gasteiger partial charge in [-0.3, -0.25) is 0 Å². The van der Waals surface area contributed by atoms with Crippen molar-refractivity contribution in [1.82, 2.24) is 0 Å². The first-order valence-corrected chi connectivity index (χ1v) is 33.9. The molecule has 0 aromatic carbocycles. The van der Waals surface area contributed by atoms with Gasteiger partial charge in [0.05, 0.1) is 0 Å². The van der Waals surface area contributed by atoms with Gasteiger partial charge in [-0.15, -0.1) is 0 Å². The van der Waals surface area contributed by atoms with Gasteiger partial charge in [-0.2, -0.15) is 0 Å². The van der Waals surface area contributed by atoms with E-state index in [4.69, 9.17) is 4.42 Å². The SMILES string of the molecule is CCC[CH2][Sn]([CH2]CCC)([CH2]CCC)[c]1ccc(-c2ccc(-c3cc[c]([Sn]([CH2]CCC)([CH2]CCC)[CH2]CCC)s3)o2)s1. The fourth-order valence-electron chi connectivity index (χ4n) is 6.69. The van der Waals surface area contributed by atoms with Crippen LogP contribution in [0.1, 0.15) is 119 Å². The third-order valence-corrected chi connectivity index (χ3v) is 48.1. The first-order chi connectivity index (χ1) is 20.0. The normalized spacial score (nSPS) is 12.4. The second kappa shape index (κ2) is 18.9. The van der Waals surface area contributed by atoms with E-state index >= 15 is 0 Å². The molecule has 3 aromatic heterocycles. The van der Waals surface area contributed by atoms with Gasteiger partial charge < -0.3 is 0 Å². The Morgan fingerprint density at radius 3 is 1.00 bits per heavy atom. The maximum absolute atomic E-state index is 6.66. The average Bonchev–Trinajstić information content (AvgIpc) is 3.78. The Labute approximate surface area is 270 Å². The summed E-state index contributed by atoms with van der Waals surface area (Å²) in [5.41, 5.74) is 0. The Kier molecular flexibility index (Phi) is 16.5. The average molecular weight is 810 g/mol. The van der Waals surface area contributed by atoms with E-state index < -0.39 is 36.8 Å². The second-order valence-electron chi connectivity index (χ2n) is 12.7. The minimum absolute atomic E-state index is 1.09. The molecule has 0 unspecified atom stereocenters. The van der Waals surface area contributed by atoms with Crippen LogP contribution < -0.4 is 5.79 Å². The van der Waals surface area contributed by atoms with Crippen molar-refractivity contribution in [3.8, 4) is 21.3 Å². The van der Waals surface area contributed by atoms with Crippen molar-refractivity contribution in [2.45, 2.75) is 145 Å². The molecule has 0 atom stereocenters. The van der Waals surface area contributed by atoms with Crippen LogP contribution in [0.2, 0.25) is 26.6 Å². The Bertz CT molecular complexity index is 982. The van der Waals surface area contributed by atoms with Crippen molar-refractivity contribution in [3.05, 3.63) is 36.4 Å². The predicted molar refractivity (Wildman–Crippen MR) is 194 cm³/mol. The molecule has 0 radical (unpaired) electrons. The summed E-state index contributed by atoms with van der Waals surface area (Å²) in [6, 6.07) is 14.4. The molecular formula is C36H60OS2Sn2. The van der Waals surface area contributed by atoms with Crippen molar-refractivity contribution < 1.29 is 4.42 Å². The van der Waals surface area contributed by atoms with Gasteiger partial charge in [0.2, 0.25) is 0 Å². The number of hydrogen-bond donors (Lipinski definition) is 0. The van der Waals surface area contributed by atoms with Gasteiger partial charge in [-0.1, -0.05) is 0 Å². The van der Waals surface area contributed by atoms with E-state index in [9.17, 15) is 0 Å². The predicted octanol–water partition coefficient (Wildman–Crippen LogP) is 12.8. The van der Waals surface area contributed by atoms with Gasteiger partial charge in [0.25, 0.3) is 0 Å². The summed E-state index contributed by atoms with van der Waals surface area (Å²) in [6.07, 6.45) is 16.5. The molecule has 3 rings (SSSR count). The van der Waals surface area contributed by atoms with E-state index in [2.05, 4.69) is 101 Å². The van der Waals surface area contributed by atoms with Gasteiger partial charge in [-0.05, 0) is 0 Å². The van der Waals surface area contributed by atoms with E-state index in [0.29, 0.717) is 0 Å². The van der Waals surface area contributed by atoms with Crippen LogP contribution >= 0.6 is 22.7 Å². The van der Waals surface area contributed by atoms with Gasteiger partial charge >= 0.3 is 273 Å². The molecule has 3 heterocycles. The summed E-state index contributed by atoms with van der Waals surface area (Å²) >= 11 is -0.587. The second-order valence-corrected chi connectivity index (χ2v) is 43.2. The quantitative estimate of drug-likeness (QED) is 0.0922. The number of furan rings is 1. The molecule has 0 N–H and O–H groups in total. The Hall–Kier alpha value is 0.277. The molecule has 1 nitrogen and oxygen atoms in total. The van der Waals surface area contributed by atoms with Crippen LogP contribution in [0, 0.1) is 0 Å². The number of rotatable bonds is 22. The van der Waals surface area contributed by atoms with Gasteiger partial charge in [0.1, 0.15) is 0 Å². The van der Waals surface area contributed by atoms with Crippen LogP contribution in [0.25, 0.3) is 21.3 Å². The number of unbranched alkanes of at least 4 members (excludes halogenated alkanes) is 6. The third-order valence-electron chi connectivity index (χ3n) is 9.40. The van der Waals surface area contributed by atoms with Gasteiger partial charge in [0.15, 0.2) is 0 Å². The first kappa shape index (κ1) is 35.8. The van der Waals surface area contributed by atoms with Crippen molar-refractivity contribution in [2.24, 2.45) is 0 Å². The van der Waals surface area contributed by atoms with E-state index in [1.165, 1.54) is 113 Å². The molecule has 230 valence electrons. The fourth-order valence-corrected chi connectivity index (χ4v) is 46.9. The molecule has 0 saturated heterocycles. The summed E-state index contributed by atoms with van der Waals surface area (Å²) in [7, 11) is 0. The molecule has 0 bridgehead atoms. The molecule has 5 heteroatoms. The van der Waals surface area contributed by atoms with Crippen LogP contribution in [-0.2, 0) is 0 Å². The zero-order chi connectivity index (χ0) is 29.6. The zero-order valence-corrected chi connectivity index (χ0v) is 34.8. The van der Waals surface area contributed by atoms with Gasteiger partial charge in [0, 0.05) is 0 Å². The van der Waals surface area contributed by atoms with Crippen LogP contribution in [-0.4, -0.2) is 36.8 Å². The molecule has 0 spiro atoms.